The molecule has 0 aromatic carbocycles. The summed E-state index contributed by atoms with van der Waals surface area (Å²) in [5.74, 6) is 5.67. The van der Waals surface area contributed by atoms with E-state index >= 15 is 0 Å². The minimum absolute atomic E-state index is 0.0810. The first-order chi connectivity index (χ1) is 10.2. The molecular weight excluding hydrogens is 298 g/mol. The number of hydrogen-bond donors (Lipinski definition) is 1. The topological polar surface area (TPSA) is 23.5 Å². The van der Waals surface area contributed by atoms with Crippen molar-refractivity contribution in [3.05, 3.63) is 44.3 Å². The van der Waals surface area contributed by atoms with Crippen LogP contribution in [0.15, 0.2) is 28.3 Å². The van der Waals surface area contributed by atoms with E-state index < -0.39 is 0 Å². The minimum atomic E-state index is -0.0810. The summed E-state index contributed by atoms with van der Waals surface area (Å²) in [7, 11) is 0. The van der Waals surface area contributed by atoms with Crippen molar-refractivity contribution in [2.45, 2.75) is 39.4 Å². The fourth-order valence-electron chi connectivity index (χ4n) is 2.11. The third-order valence-corrected chi connectivity index (χ3v) is 5.16. The van der Waals surface area contributed by atoms with Crippen molar-refractivity contribution < 1.29 is 5.11 Å². The number of hydrogen-bond acceptors (Lipinski definition) is 4. The van der Waals surface area contributed by atoms with Gasteiger partial charge < -0.3 is 5.11 Å². The van der Waals surface area contributed by atoms with Gasteiger partial charge in [0.1, 0.15) is 6.61 Å². The Morgan fingerprint density at radius 2 is 2.19 bits per heavy atom. The largest absolute Gasteiger partial charge is 0.384 e. The van der Waals surface area contributed by atoms with Crippen LogP contribution in [-0.2, 0) is 13.1 Å². The van der Waals surface area contributed by atoms with Crippen LogP contribution >= 0.6 is 22.7 Å². The van der Waals surface area contributed by atoms with Gasteiger partial charge in [-0.1, -0.05) is 18.8 Å². The molecule has 0 aliphatic carbocycles. The average Bonchev–Trinajstić information content (AvgIpc) is 3.15. The molecule has 0 aliphatic rings. The lowest BCUT2D eigenvalue weighted by Gasteiger charge is -2.27. The van der Waals surface area contributed by atoms with Crippen molar-refractivity contribution in [3.63, 3.8) is 0 Å². The van der Waals surface area contributed by atoms with Crippen LogP contribution in [0.1, 0.15) is 36.3 Å². The monoisotopic (exact) mass is 319 g/mol. The first-order valence-electron chi connectivity index (χ1n) is 7.15. The second-order valence-electron chi connectivity index (χ2n) is 5.06. The predicted octanol–water partition coefficient (Wildman–Crippen LogP) is 3.95. The molecule has 0 amide bonds. The Hall–Kier alpha value is -1.12. The van der Waals surface area contributed by atoms with Crippen LogP contribution < -0.4 is 0 Å². The van der Waals surface area contributed by atoms with Gasteiger partial charge in [-0.15, -0.1) is 11.3 Å². The van der Waals surface area contributed by atoms with E-state index in [-0.39, 0.29) is 6.61 Å². The maximum Gasteiger partial charge on any atom is 0.104 e. The summed E-state index contributed by atoms with van der Waals surface area (Å²) in [6.45, 7) is 6.39. The standard InChI is InChI=1S/C17H21NOS2/c1-3-14(2)18(10-16-6-8-20-12-16)11-17-9-15(13-21-17)5-4-7-19/h6,8-9,12-14,19H,3,7,10-11H2,1-2H3/t14-/m1/s1. The third-order valence-electron chi connectivity index (χ3n) is 3.50. The summed E-state index contributed by atoms with van der Waals surface area (Å²) in [4.78, 5) is 3.84. The highest BCUT2D eigenvalue weighted by molar-refractivity contribution is 7.10. The van der Waals surface area contributed by atoms with Gasteiger partial charge in [0.25, 0.3) is 0 Å². The van der Waals surface area contributed by atoms with Gasteiger partial charge in [-0.25, -0.2) is 0 Å². The average molecular weight is 319 g/mol. The highest BCUT2D eigenvalue weighted by Gasteiger charge is 2.14. The van der Waals surface area contributed by atoms with E-state index in [0.717, 1.165) is 25.1 Å². The molecule has 0 saturated heterocycles. The van der Waals surface area contributed by atoms with E-state index in [1.165, 1.54) is 10.4 Å². The van der Waals surface area contributed by atoms with E-state index in [1.807, 2.05) is 0 Å². The fraction of sp³-hybridized carbons (Fsp3) is 0.412. The molecule has 1 atom stereocenters. The second-order valence-corrected chi connectivity index (χ2v) is 6.83. The van der Waals surface area contributed by atoms with Crippen LogP contribution in [0, 0.1) is 11.8 Å². The van der Waals surface area contributed by atoms with Gasteiger partial charge in [-0.3, -0.25) is 4.90 Å². The molecule has 0 unspecified atom stereocenters. The Balaban J connectivity index is 2.05. The molecule has 2 rings (SSSR count). The SMILES string of the molecule is CC[C@@H](C)N(Cc1ccsc1)Cc1cc(C#CCO)cs1. The molecule has 2 aromatic heterocycles. The Kier molecular flexibility index (Phi) is 6.47. The summed E-state index contributed by atoms with van der Waals surface area (Å²) < 4.78 is 0. The van der Waals surface area contributed by atoms with Crippen LogP contribution in [0.2, 0.25) is 0 Å². The number of rotatable bonds is 6. The molecule has 0 radical (unpaired) electrons. The van der Waals surface area contributed by atoms with Crippen molar-refractivity contribution in [1.82, 2.24) is 4.90 Å². The maximum atomic E-state index is 8.75. The van der Waals surface area contributed by atoms with Crippen LogP contribution in [-0.4, -0.2) is 22.7 Å². The molecule has 0 spiro atoms. The molecule has 0 aliphatic heterocycles. The molecule has 112 valence electrons. The lowest BCUT2D eigenvalue weighted by atomic mass is 10.2. The smallest absolute Gasteiger partial charge is 0.104 e. The number of thiophene rings is 2. The van der Waals surface area contributed by atoms with Crippen LogP contribution in [0.5, 0.6) is 0 Å². The molecule has 21 heavy (non-hydrogen) atoms. The van der Waals surface area contributed by atoms with Crippen molar-refractivity contribution in [1.29, 1.82) is 0 Å². The zero-order chi connectivity index (χ0) is 15.1. The van der Waals surface area contributed by atoms with E-state index in [0.29, 0.717) is 6.04 Å². The van der Waals surface area contributed by atoms with Crippen molar-refractivity contribution in [2.75, 3.05) is 6.61 Å². The third kappa shape index (κ3) is 4.98. The molecule has 2 aromatic rings. The molecule has 1 N–H and O–H groups in total. The molecule has 0 saturated carbocycles. The number of aliphatic hydroxyl groups is 1. The van der Waals surface area contributed by atoms with E-state index in [2.05, 4.69) is 58.9 Å². The summed E-state index contributed by atoms with van der Waals surface area (Å²) >= 11 is 3.50. The lowest BCUT2D eigenvalue weighted by molar-refractivity contribution is 0.188. The molecule has 0 bridgehead atoms. The van der Waals surface area contributed by atoms with E-state index in [9.17, 15) is 0 Å². The highest BCUT2D eigenvalue weighted by atomic mass is 32.1. The van der Waals surface area contributed by atoms with Gasteiger partial charge in [0, 0.05) is 35.0 Å². The summed E-state index contributed by atoms with van der Waals surface area (Å²) in [5, 5.41) is 15.2. The van der Waals surface area contributed by atoms with Crippen molar-refractivity contribution in [2.24, 2.45) is 0 Å². The van der Waals surface area contributed by atoms with Gasteiger partial charge in [0.05, 0.1) is 0 Å². The molecular formula is C17H21NOS2. The Morgan fingerprint density at radius 3 is 2.86 bits per heavy atom. The van der Waals surface area contributed by atoms with Crippen LogP contribution in [0.4, 0.5) is 0 Å². The van der Waals surface area contributed by atoms with Gasteiger partial charge >= 0.3 is 0 Å². The number of aliphatic hydroxyl groups excluding tert-OH is 1. The van der Waals surface area contributed by atoms with Crippen LogP contribution in [0.3, 0.4) is 0 Å². The summed E-state index contributed by atoms with van der Waals surface area (Å²) in [6.07, 6.45) is 1.15. The molecule has 2 nitrogen and oxygen atoms in total. The van der Waals surface area contributed by atoms with Crippen molar-refractivity contribution >= 4 is 22.7 Å². The highest BCUT2D eigenvalue weighted by Crippen LogP contribution is 2.21. The maximum absolute atomic E-state index is 8.75. The molecule has 4 heteroatoms. The predicted molar refractivity (Wildman–Crippen MR) is 91.6 cm³/mol. The first-order valence-corrected chi connectivity index (χ1v) is 8.97. The van der Waals surface area contributed by atoms with E-state index in [1.54, 1.807) is 22.7 Å². The number of nitrogens with zero attached hydrogens (tertiary/aromatic N) is 1. The quantitative estimate of drug-likeness (QED) is 0.815. The Labute approximate surface area is 135 Å². The zero-order valence-corrected chi connectivity index (χ0v) is 14.1. The lowest BCUT2D eigenvalue weighted by Crippen LogP contribution is -2.31. The Bertz CT molecular complexity index is 592. The first kappa shape index (κ1) is 16.3. The minimum Gasteiger partial charge on any atom is -0.384 e. The molecule has 0 fully saturated rings. The van der Waals surface area contributed by atoms with Gasteiger partial charge in [0.15, 0.2) is 0 Å². The zero-order valence-electron chi connectivity index (χ0n) is 12.5. The molecule has 2 heterocycles. The summed E-state index contributed by atoms with van der Waals surface area (Å²) in [5.41, 5.74) is 2.39. The van der Waals surface area contributed by atoms with Gasteiger partial charge in [-0.05, 0) is 41.8 Å². The van der Waals surface area contributed by atoms with E-state index in [4.69, 9.17) is 5.11 Å². The summed E-state index contributed by atoms with van der Waals surface area (Å²) in [6, 6.07) is 4.89. The Morgan fingerprint density at radius 1 is 1.33 bits per heavy atom. The van der Waals surface area contributed by atoms with Crippen LogP contribution in [0.25, 0.3) is 0 Å². The normalized spacial score (nSPS) is 12.2. The van der Waals surface area contributed by atoms with Crippen molar-refractivity contribution in [3.8, 4) is 11.8 Å². The second kappa shape index (κ2) is 8.35. The van der Waals surface area contributed by atoms with Gasteiger partial charge in [0.2, 0.25) is 0 Å². The van der Waals surface area contributed by atoms with Gasteiger partial charge in [-0.2, -0.15) is 11.3 Å². The fourth-order valence-corrected chi connectivity index (χ4v) is 3.61.